The fourth-order valence-corrected chi connectivity index (χ4v) is 1.41. The molecule has 0 aliphatic carbocycles. The van der Waals surface area contributed by atoms with E-state index in [-0.39, 0.29) is 6.04 Å². The van der Waals surface area contributed by atoms with Gasteiger partial charge in [0.05, 0.1) is 13.2 Å². The van der Waals surface area contributed by atoms with E-state index in [2.05, 4.69) is 0 Å². The average Bonchev–Trinajstić information content (AvgIpc) is 2.26. The van der Waals surface area contributed by atoms with Crippen molar-refractivity contribution in [3.8, 4) is 5.75 Å². The van der Waals surface area contributed by atoms with Crippen LogP contribution < -0.4 is 10.5 Å². The maximum atomic E-state index is 9.56. The second-order valence-corrected chi connectivity index (χ2v) is 3.82. The molecule has 0 aliphatic heterocycles. The molecule has 3 nitrogen and oxygen atoms in total. The molecule has 15 heavy (non-hydrogen) atoms. The molecule has 0 fully saturated rings. The molecule has 0 aliphatic rings. The van der Waals surface area contributed by atoms with Gasteiger partial charge in [-0.3, -0.25) is 0 Å². The zero-order valence-corrected chi connectivity index (χ0v) is 9.31. The minimum absolute atomic E-state index is 0.171. The van der Waals surface area contributed by atoms with Gasteiger partial charge in [0.2, 0.25) is 0 Å². The lowest BCUT2D eigenvalue weighted by Crippen LogP contribution is -2.31. The molecule has 2 atom stereocenters. The Labute approximate surface area is 90.9 Å². The predicted molar refractivity (Wildman–Crippen MR) is 61.0 cm³/mol. The van der Waals surface area contributed by atoms with Gasteiger partial charge in [-0.2, -0.15) is 0 Å². The van der Waals surface area contributed by atoms with Crippen LogP contribution >= 0.6 is 0 Å². The predicted octanol–water partition coefficient (Wildman–Crippen LogP) is 1.34. The third-order valence-electron chi connectivity index (χ3n) is 2.47. The van der Waals surface area contributed by atoms with Crippen molar-refractivity contribution in [2.45, 2.75) is 31.9 Å². The number of hydrogen-bond donors (Lipinski definition) is 2. The van der Waals surface area contributed by atoms with Gasteiger partial charge in [0.15, 0.2) is 0 Å². The Morgan fingerprint density at radius 1 is 1.47 bits per heavy atom. The fraction of sp³-hybridized carbons (Fsp3) is 0.500. The molecule has 0 bridgehead atoms. The Morgan fingerprint density at radius 3 is 2.80 bits per heavy atom. The van der Waals surface area contributed by atoms with Crippen molar-refractivity contribution in [3.05, 3.63) is 29.8 Å². The van der Waals surface area contributed by atoms with E-state index >= 15 is 0 Å². The highest BCUT2D eigenvalue weighted by Gasteiger charge is 2.09. The van der Waals surface area contributed by atoms with Crippen molar-refractivity contribution < 1.29 is 9.84 Å². The first-order chi connectivity index (χ1) is 7.13. The van der Waals surface area contributed by atoms with E-state index in [9.17, 15) is 5.11 Å². The zero-order chi connectivity index (χ0) is 11.3. The molecule has 3 heteroatoms. The Bertz CT molecular complexity index is 299. The molecule has 1 rings (SSSR count). The van der Waals surface area contributed by atoms with E-state index in [1.165, 1.54) is 0 Å². The van der Waals surface area contributed by atoms with Crippen LogP contribution in [0.2, 0.25) is 0 Å². The van der Waals surface area contributed by atoms with Crippen molar-refractivity contribution in [3.63, 3.8) is 0 Å². The summed E-state index contributed by atoms with van der Waals surface area (Å²) in [6.07, 6.45) is 1.07. The van der Waals surface area contributed by atoms with E-state index in [0.29, 0.717) is 6.42 Å². The van der Waals surface area contributed by atoms with Gasteiger partial charge >= 0.3 is 0 Å². The van der Waals surface area contributed by atoms with Crippen molar-refractivity contribution in [2.24, 2.45) is 5.73 Å². The van der Waals surface area contributed by atoms with Gasteiger partial charge in [0.25, 0.3) is 0 Å². The lowest BCUT2D eigenvalue weighted by Gasteiger charge is -2.14. The van der Waals surface area contributed by atoms with Crippen molar-refractivity contribution in [2.75, 3.05) is 7.11 Å². The van der Waals surface area contributed by atoms with Crippen molar-refractivity contribution in [1.82, 2.24) is 0 Å². The van der Waals surface area contributed by atoms with Crippen LogP contribution in [0, 0.1) is 0 Å². The Kier molecular flexibility index (Phi) is 4.59. The van der Waals surface area contributed by atoms with Gasteiger partial charge in [-0.25, -0.2) is 0 Å². The largest absolute Gasteiger partial charge is 0.497 e. The quantitative estimate of drug-likeness (QED) is 0.769. The zero-order valence-electron chi connectivity index (χ0n) is 9.31. The maximum absolute atomic E-state index is 9.56. The summed E-state index contributed by atoms with van der Waals surface area (Å²) in [6, 6.07) is 7.69. The molecule has 0 heterocycles. The van der Waals surface area contributed by atoms with E-state index < -0.39 is 6.10 Å². The van der Waals surface area contributed by atoms with E-state index in [1.807, 2.05) is 31.2 Å². The van der Waals surface area contributed by atoms with Gasteiger partial charge < -0.3 is 15.6 Å². The summed E-state index contributed by atoms with van der Waals surface area (Å²) in [5, 5.41) is 9.56. The van der Waals surface area contributed by atoms with Crippen LogP contribution in [0.15, 0.2) is 24.3 Å². The summed E-state index contributed by atoms with van der Waals surface area (Å²) in [5.41, 5.74) is 6.74. The minimum atomic E-state index is -0.434. The number of ether oxygens (including phenoxy) is 1. The smallest absolute Gasteiger partial charge is 0.119 e. The Morgan fingerprint density at radius 2 is 2.20 bits per heavy atom. The van der Waals surface area contributed by atoms with Crippen LogP contribution in [0.25, 0.3) is 0 Å². The van der Waals surface area contributed by atoms with Crippen LogP contribution in [0.5, 0.6) is 5.75 Å². The third-order valence-corrected chi connectivity index (χ3v) is 2.47. The normalized spacial score (nSPS) is 14.7. The molecule has 3 N–H and O–H groups in total. The standard InChI is InChI=1S/C12H19NO2/c1-9(13)12(14)7-6-10-4-3-5-11(8-10)15-2/h3-5,8-9,12,14H,6-7,13H2,1-2H3. The maximum Gasteiger partial charge on any atom is 0.119 e. The van der Waals surface area contributed by atoms with Crippen LogP contribution in [-0.4, -0.2) is 24.4 Å². The summed E-state index contributed by atoms with van der Waals surface area (Å²) in [6.45, 7) is 1.82. The fourth-order valence-electron chi connectivity index (χ4n) is 1.41. The summed E-state index contributed by atoms with van der Waals surface area (Å²) in [4.78, 5) is 0. The molecular weight excluding hydrogens is 190 g/mol. The number of aliphatic hydroxyl groups is 1. The molecule has 1 aromatic rings. The molecule has 2 unspecified atom stereocenters. The number of rotatable bonds is 5. The molecule has 0 spiro atoms. The number of nitrogens with two attached hydrogens (primary N) is 1. The van der Waals surface area contributed by atoms with Crippen molar-refractivity contribution >= 4 is 0 Å². The van der Waals surface area contributed by atoms with E-state index in [0.717, 1.165) is 17.7 Å². The van der Waals surface area contributed by atoms with Gasteiger partial charge in [0, 0.05) is 6.04 Å². The second-order valence-electron chi connectivity index (χ2n) is 3.82. The highest BCUT2D eigenvalue weighted by atomic mass is 16.5. The Hall–Kier alpha value is -1.06. The van der Waals surface area contributed by atoms with Crippen LogP contribution in [0.3, 0.4) is 0 Å². The van der Waals surface area contributed by atoms with Gasteiger partial charge in [-0.1, -0.05) is 12.1 Å². The van der Waals surface area contributed by atoms with Gasteiger partial charge in [-0.15, -0.1) is 0 Å². The van der Waals surface area contributed by atoms with E-state index in [4.69, 9.17) is 10.5 Å². The molecule has 1 aromatic carbocycles. The molecule has 0 amide bonds. The molecular formula is C12H19NO2. The number of methoxy groups -OCH3 is 1. The summed E-state index contributed by atoms with van der Waals surface area (Å²) >= 11 is 0. The molecule has 0 saturated heterocycles. The Balaban J connectivity index is 2.50. The van der Waals surface area contributed by atoms with Gasteiger partial charge in [-0.05, 0) is 37.5 Å². The highest BCUT2D eigenvalue weighted by Crippen LogP contribution is 2.14. The van der Waals surface area contributed by atoms with E-state index in [1.54, 1.807) is 7.11 Å². The lowest BCUT2D eigenvalue weighted by molar-refractivity contribution is 0.141. The summed E-state index contributed by atoms with van der Waals surface area (Å²) in [7, 11) is 1.65. The van der Waals surface area contributed by atoms with Crippen LogP contribution in [0.4, 0.5) is 0 Å². The van der Waals surface area contributed by atoms with Crippen LogP contribution in [-0.2, 0) is 6.42 Å². The first-order valence-electron chi connectivity index (χ1n) is 5.20. The molecule has 0 aromatic heterocycles. The molecule has 84 valence electrons. The third kappa shape index (κ3) is 3.90. The first kappa shape index (κ1) is 12.0. The summed E-state index contributed by atoms with van der Waals surface area (Å²) < 4.78 is 5.12. The summed E-state index contributed by atoms with van der Waals surface area (Å²) in [5.74, 6) is 0.850. The van der Waals surface area contributed by atoms with Gasteiger partial charge in [0.1, 0.15) is 5.75 Å². The second kappa shape index (κ2) is 5.73. The lowest BCUT2D eigenvalue weighted by atomic mass is 10.0. The average molecular weight is 209 g/mol. The minimum Gasteiger partial charge on any atom is -0.497 e. The first-order valence-corrected chi connectivity index (χ1v) is 5.20. The highest BCUT2D eigenvalue weighted by molar-refractivity contribution is 5.28. The molecule has 0 radical (unpaired) electrons. The number of aryl methyl sites for hydroxylation is 1. The number of aliphatic hydroxyl groups excluding tert-OH is 1. The van der Waals surface area contributed by atoms with Crippen LogP contribution in [0.1, 0.15) is 18.9 Å². The topological polar surface area (TPSA) is 55.5 Å². The number of benzene rings is 1. The SMILES string of the molecule is COc1cccc(CCC(O)C(C)N)c1. The number of hydrogen-bond acceptors (Lipinski definition) is 3. The molecule has 0 saturated carbocycles. The van der Waals surface area contributed by atoms with Crippen molar-refractivity contribution in [1.29, 1.82) is 0 Å². The monoisotopic (exact) mass is 209 g/mol.